The van der Waals surface area contributed by atoms with Crippen LogP contribution in [-0.4, -0.2) is 35.6 Å². The van der Waals surface area contributed by atoms with Gasteiger partial charge in [0, 0.05) is 19.1 Å². The number of urea groups is 1. The van der Waals surface area contributed by atoms with E-state index >= 15 is 0 Å². The minimum Gasteiger partial charge on any atom is -0.336 e. The highest BCUT2D eigenvalue weighted by atomic mass is 16.2. The van der Waals surface area contributed by atoms with Crippen LogP contribution in [0.25, 0.3) is 0 Å². The summed E-state index contributed by atoms with van der Waals surface area (Å²) in [5, 5.41) is 2.98. The molecule has 100 valence electrons. The first kappa shape index (κ1) is 14.3. The molecular weight excluding hydrogens is 214 g/mol. The molecule has 4 nitrogen and oxygen atoms in total. The van der Waals surface area contributed by atoms with Crippen LogP contribution in [-0.2, 0) is 0 Å². The van der Waals surface area contributed by atoms with Crippen LogP contribution < -0.4 is 11.1 Å². The molecule has 0 spiro atoms. The van der Waals surface area contributed by atoms with Crippen molar-refractivity contribution in [2.75, 3.05) is 13.1 Å². The van der Waals surface area contributed by atoms with Crippen molar-refractivity contribution < 1.29 is 4.79 Å². The van der Waals surface area contributed by atoms with Gasteiger partial charge in [0.05, 0.1) is 5.54 Å². The summed E-state index contributed by atoms with van der Waals surface area (Å²) in [5.74, 6) is 0. The maximum atomic E-state index is 12.2. The molecule has 17 heavy (non-hydrogen) atoms. The minimum atomic E-state index is -0.105. The van der Waals surface area contributed by atoms with Crippen molar-refractivity contribution in [2.45, 2.75) is 64.5 Å². The molecule has 1 rings (SSSR count). The van der Waals surface area contributed by atoms with Crippen LogP contribution in [0.3, 0.4) is 0 Å². The van der Waals surface area contributed by atoms with E-state index in [1.807, 2.05) is 25.7 Å². The highest BCUT2D eigenvalue weighted by molar-refractivity contribution is 5.75. The van der Waals surface area contributed by atoms with Gasteiger partial charge in [-0.15, -0.1) is 0 Å². The van der Waals surface area contributed by atoms with Crippen molar-refractivity contribution in [3.63, 3.8) is 0 Å². The quantitative estimate of drug-likeness (QED) is 0.792. The molecule has 1 aliphatic carbocycles. The Morgan fingerprint density at radius 2 is 1.94 bits per heavy atom. The normalized spacial score (nSPS) is 19.1. The molecule has 0 radical (unpaired) electrons. The Kier molecular flexibility index (Phi) is 5.25. The molecule has 0 atom stereocenters. The van der Waals surface area contributed by atoms with Crippen LogP contribution in [0.1, 0.15) is 52.9 Å². The smallest absolute Gasteiger partial charge is 0.318 e. The lowest BCUT2D eigenvalue weighted by atomic mass is 9.80. The van der Waals surface area contributed by atoms with Gasteiger partial charge in [0.25, 0.3) is 0 Å². The van der Waals surface area contributed by atoms with Crippen LogP contribution in [0.5, 0.6) is 0 Å². The lowest BCUT2D eigenvalue weighted by Crippen LogP contribution is -2.60. The third-order valence-corrected chi connectivity index (χ3v) is 3.71. The highest BCUT2D eigenvalue weighted by Gasteiger charge is 2.38. The van der Waals surface area contributed by atoms with E-state index in [0.29, 0.717) is 6.54 Å². The summed E-state index contributed by atoms with van der Waals surface area (Å²) in [7, 11) is 0. The van der Waals surface area contributed by atoms with E-state index in [1.165, 1.54) is 19.3 Å². The number of carbonyl (C=O) groups excluding carboxylic acids is 1. The van der Waals surface area contributed by atoms with E-state index in [2.05, 4.69) is 5.32 Å². The molecule has 1 aliphatic rings. The van der Waals surface area contributed by atoms with Gasteiger partial charge in [-0.05, 0) is 33.6 Å². The van der Waals surface area contributed by atoms with E-state index in [9.17, 15) is 4.79 Å². The zero-order valence-electron chi connectivity index (χ0n) is 11.5. The summed E-state index contributed by atoms with van der Waals surface area (Å²) in [6.45, 7) is 7.32. The van der Waals surface area contributed by atoms with Crippen molar-refractivity contribution in [2.24, 2.45) is 5.73 Å². The second kappa shape index (κ2) is 6.24. The monoisotopic (exact) mass is 241 g/mol. The number of nitrogens with two attached hydrogens (primary N) is 1. The summed E-state index contributed by atoms with van der Waals surface area (Å²) in [4.78, 5) is 14.2. The van der Waals surface area contributed by atoms with Gasteiger partial charge in [0.15, 0.2) is 0 Å². The fraction of sp³-hybridized carbons (Fsp3) is 0.923. The first-order chi connectivity index (χ1) is 8.05. The van der Waals surface area contributed by atoms with Crippen LogP contribution in [0.15, 0.2) is 0 Å². The Hall–Kier alpha value is -0.770. The molecule has 1 saturated carbocycles. The molecule has 0 saturated heterocycles. The SMILES string of the molecule is CCN(C(=O)NC(C)C)C1(CN)CCCCC1. The zero-order valence-corrected chi connectivity index (χ0v) is 11.5. The van der Waals surface area contributed by atoms with E-state index < -0.39 is 0 Å². The topological polar surface area (TPSA) is 58.4 Å². The van der Waals surface area contributed by atoms with Crippen LogP contribution in [0, 0.1) is 0 Å². The molecule has 0 aromatic rings. The number of hydrogen-bond donors (Lipinski definition) is 2. The largest absolute Gasteiger partial charge is 0.336 e. The van der Waals surface area contributed by atoms with Crippen molar-refractivity contribution in [1.29, 1.82) is 0 Å². The number of likely N-dealkylation sites (N-methyl/N-ethyl adjacent to an activating group) is 1. The lowest BCUT2D eigenvalue weighted by molar-refractivity contribution is 0.0866. The number of hydrogen-bond acceptors (Lipinski definition) is 2. The second-order valence-corrected chi connectivity index (χ2v) is 5.34. The average Bonchev–Trinajstić information content (AvgIpc) is 2.30. The van der Waals surface area contributed by atoms with Crippen LogP contribution >= 0.6 is 0 Å². The molecule has 0 aromatic heterocycles. The van der Waals surface area contributed by atoms with Gasteiger partial charge in [-0.25, -0.2) is 4.79 Å². The third-order valence-electron chi connectivity index (χ3n) is 3.71. The van der Waals surface area contributed by atoms with Gasteiger partial charge in [-0.2, -0.15) is 0 Å². The Bertz CT molecular complexity index is 247. The Morgan fingerprint density at radius 1 is 1.35 bits per heavy atom. The number of nitrogens with one attached hydrogen (secondary N) is 1. The van der Waals surface area contributed by atoms with E-state index in [-0.39, 0.29) is 17.6 Å². The fourth-order valence-electron chi connectivity index (χ4n) is 2.81. The van der Waals surface area contributed by atoms with Gasteiger partial charge in [-0.3, -0.25) is 0 Å². The maximum absolute atomic E-state index is 12.2. The lowest BCUT2D eigenvalue weighted by Gasteiger charge is -2.45. The predicted molar refractivity (Wildman–Crippen MR) is 70.9 cm³/mol. The summed E-state index contributed by atoms with van der Waals surface area (Å²) >= 11 is 0. The van der Waals surface area contributed by atoms with Gasteiger partial charge in [-0.1, -0.05) is 19.3 Å². The molecule has 1 fully saturated rings. The Morgan fingerprint density at radius 3 is 2.35 bits per heavy atom. The van der Waals surface area contributed by atoms with Gasteiger partial charge in [0.2, 0.25) is 0 Å². The molecule has 4 heteroatoms. The highest BCUT2D eigenvalue weighted by Crippen LogP contribution is 2.32. The van der Waals surface area contributed by atoms with Crippen molar-refractivity contribution in [3.05, 3.63) is 0 Å². The number of nitrogens with zero attached hydrogens (tertiary/aromatic N) is 1. The molecule has 0 heterocycles. The predicted octanol–water partition coefficient (Wildman–Crippen LogP) is 2.09. The van der Waals surface area contributed by atoms with E-state index in [1.54, 1.807) is 0 Å². The average molecular weight is 241 g/mol. The zero-order chi connectivity index (χ0) is 12.9. The van der Waals surface area contributed by atoms with E-state index in [4.69, 9.17) is 5.73 Å². The van der Waals surface area contributed by atoms with E-state index in [0.717, 1.165) is 19.4 Å². The molecule has 0 unspecified atom stereocenters. The number of rotatable bonds is 4. The molecule has 0 bridgehead atoms. The summed E-state index contributed by atoms with van der Waals surface area (Å²) in [6, 6.07) is 0.213. The van der Waals surface area contributed by atoms with Crippen molar-refractivity contribution >= 4 is 6.03 Å². The molecule has 3 N–H and O–H groups in total. The standard InChI is InChI=1S/C13H27N3O/c1-4-16(12(17)15-11(2)3)13(10-14)8-6-5-7-9-13/h11H,4-10,14H2,1-3H3,(H,15,17). The number of amides is 2. The minimum absolute atomic E-state index is 0.0369. The first-order valence-electron chi connectivity index (χ1n) is 6.84. The molecule has 2 amide bonds. The Labute approximate surface area is 105 Å². The van der Waals surface area contributed by atoms with Gasteiger partial charge in [0.1, 0.15) is 0 Å². The summed E-state index contributed by atoms with van der Waals surface area (Å²) in [6.07, 6.45) is 5.72. The maximum Gasteiger partial charge on any atom is 0.318 e. The van der Waals surface area contributed by atoms with Crippen LogP contribution in [0.4, 0.5) is 4.79 Å². The molecule has 0 aromatic carbocycles. The van der Waals surface area contributed by atoms with Crippen molar-refractivity contribution in [3.8, 4) is 0 Å². The van der Waals surface area contributed by atoms with Gasteiger partial charge < -0.3 is 16.0 Å². The number of carbonyl (C=O) groups is 1. The molecule has 0 aliphatic heterocycles. The molecular formula is C13H27N3O. The van der Waals surface area contributed by atoms with Crippen molar-refractivity contribution in [1.82, 2.24) is 10.2 Å². The van der Waals surface area contributed by atoms with Gasteiger partial charge >= 0.3 is 6.03 Å². The Balaban J connectivity index is 2.78. The first-order valence-corrected chi connectivity index (χ1v) is 6.84. The summed E-state index contributed by atoms with van der Waals surface area (Å²) in [5.41, 5.74) is 5.86. The fourth-order valence-corrected chi connectivity index (χ4v) is 2.81. The van der Waals surface area contributed by atoms with Crippen LogP contribution in [0.2, 0.25) is 0 Å². The third kappa shape index (κ3) is 3.35. The second-order valence-electron chi connectivity index (χ2n) is 5.34. The summed E-state index contributed by atoms with van der Waals surface area (Å²) < 4.78 is 0.